The largest absolute Gasteiger partial charge is 0.383 e. The first kappa shape index (κ1) is 14.0. The number of anilines is 2. The molecule has 1 amide bonds. The summed E-state index contributed by atoms with van der Waals surface area (Å²) in [5, 5.41) is 11.3. The van der Waals surface area contributed by atoms with Gasteiger partial charge in [-0.2, -0.15) is 5.26 Å². The minimum absolute atomic E-state index is 0.0422. The van der Waals surface area contributed by atoms with Crippen molar-refractivity contribution >= 4 is 33.3 Å². The van der Waals surface area contributed by atoms with Crippen LogP contribution >= 0.6 is 15.9 Å². The van der Waals surface area contributed by atoms with Gasteiger partial charge in [-0.3, -0.25) is 4.79 Å². The molecule has 0 radical (unpaired) electrons. The summed E-state index contributed by atoms with van der Waals surface area (Å²) in [6.45, 7) is 0. The van der Waals surface area contributed by atoms with E-state index in [-0.39, 0.29) is 22.6 Å². The second kappa shape index (κ2) is 5.67. The molecule has 100 valence electrons. The van der Waals surface area contributed by atoms with E-state index in [2.05, 4.69) is 26.2 Å². The maximum absolute atomic E-state index is 13.4. The lowest BCUT2D eigenvalue weighted by atomic mass is 10.1. The summed E-state index contributed by atoms with van der Waals surface area (Å²) in [7, 11) is 0. The fraction of sp³-hybridized carbons (Fsp3) is 0. The summed E-state index contributed by atoms with van der Waals surface area (Å²) < 4.78 is 14.0. The third-order valence-electron chi connectivity index (χ3n) is 2.50. The number of hydrogen-bond acceptors (Lipinski definition) is 4. The zero-order valence-corrected chi connectivity index (χ0v) is 11.6. The molecule has 20 heavy (non-hydrogen) atoms. The normalized spacial score (nSPS) is 9.85. The molecule has 7 heteroatoms. The van der Waals surface area contributed by atoms with Gasteiger partial charge in [0.15, 0.2) is 0 Å². The Labute approximate surface area is 122 Å². The van der Waals surface area contributed by atoms with Gasteiger partial charge in [-0.15, -0.1) is 0 Å². The molecule has 5 nitrogen and oxygen atoms in total. The van der Waals surface area contributed by atoms with Gasteiger partial charge in [0.25, 0.3) is 5.91 Å². The quantitative estimate of drug-likeness (QED) is 0.883. The molecule has 2 aromatic rings. The summed E-state index contributed by atoms with van der Waals surface area (Å²) >= 11 is 3.18. The van der Waals surface area contributed by atoms with Gasteiger partial charge >= 0.3 is 0 Å². The predicted octanol–water partition coefficient (Wildman–Crippen LogP) is 2.69. The minimum atomic E-state index is -0.703. The van der Waals surface area contributed by atoms with Crippen molar-refractivity contribution in [1.82, 2.24) is 4.98 Å². The Balaban J connectivity index is 2.36. The molecule has 0 unspecified atom stereocenters. The Bertz CT molecular complexity index is 727. The van der Waals surface area contributed by atoms with E-state index in [9.17, 15) is 9.18 Å². The number of carbonyl (C=O) groups is 1. The molecular formula is C13H8BrFN4O. The maximum Gasteiger partial charge on any atom is 0.259 e. The zero-order valence-electron chi connectivity index (χ0n) is 10.0. The third kappa shape index (κ3) is 2.75. The molecule has 0 fully saturated rings. The zero-order chi connectivity index (χ0) is 14.7. The van der Waals surface area contributed by atoms with Crippen molar-refractivity contribution in [3.8, 4) is 6.07 Å². The second-order valence-electron chi connectivity index (χ2n) is 3.81. The van der Waals surface area contributed by atoms with Crippen LogP contribution in [0.1, 0.15) is 15.9 Å². The van der Waals surface area contributed by atoms with Crippen LogP contribution in [0.5, 0.6) is 0 Å². The maximum atomic E-state index is 13.4. The molecule has 1 aromatic heterocycles. The van der Waals surface area contributed by atoms with Gasteiger partial charge in [-0.1, -0.05) is 6.07 Å². The molecule has 0 bridgehead atoms. The van der Waals surface area contributed by atoms with E-state index in [1.165, 1.54) is 24.4 Å². The average Bonchev–Trinajstić information content (AvgIpc) is 2.41. The summed E-state index contributed by atoms with van der Waals surface area (Å²) in [6, 6.07) is 7.16. The van der Waals surface area contributed by atoms with E-state index < -0.39 is 11.7 Å². The van der Waals surface area contributed by atoms with Gasteiger partial charge in [-0.05, 0) is 34.1 Å². The van der Waals surface area contributed by atoms with Crippen LogP contribution < -0.4 is 11.1 Å². The summed E-state index contributed by atoms with van der Waals surface area (Å²) in [5.74, 6) is -1.23. The number of amides is 1. The van der Waals surface area contributed by atoms with Crippen LogP contribution in [-0.2, 0) is 0 Å². The number of nitrogens with one attached hydrogen (secondary N) is 1. The van der Waals surface area contributed by atoms with Crippen LogP contribution in [0.2, 0.25) is 0 Å². The van der Waals surface area contributed by atoms with Crippen molar-refractivity contribution in [3.63, 3.8) is 0 Å². The van der Waals surface area contributed by atoms with Crippen LogP contribution in [0.3, 0.4) is 0 Å². The highest BCUT2D eigenvalue weighted by atomic mass is 79.9. The Kier molecular flexibility index (Phi) is 3.96. The number of nitrogens with two attached hydrogens (primary N) is 1. The Morgan fingerprint density at radius 2 is 2.25 bits per heavy atom. The summed E-state index contributed by atoms with van der Waals surface area (Å²) in [4.78, 5) is 15.9. The average molecular weight is 335 g/mol. The lowest BCUT2D eigenvalue weighted by molar-refractivity contribution is 0.102. The Morgan fingerprint density at radius 1 is 1.50 bits per heavy atom. The van der Waals surface area contributed by atoms with E-state index in [0.717, 1.165) is 6.07 Å². The number of nitriles is 1. The van der Waals surface area contributed by atoms with Crippen molar-refractivity contribution in [2.75, 3.05) is 11.1 Å². The predicted molar refractivity (Wildman–Crippen MR) is 75.4 cm³/mol. The van der Waals surface area contributed by atoms with Gasteiger partial charge in [0.1, 0.15) is 23.3 Å². The van der Waals surface area contributed by atoms with Crippen LogP contribution in [0.25, 0.3) is 0 Å². The molecule has 2 rings (SSSR count). The Morgan fingerprint density at radius 3 is 2.95 bits per heavy atom. The topological polar surface area (TPSA) is 91.8 Å². The smallest absolute Gasteiger partial charge is 0.259 e. The van der Waals surface area contributed by atoms with E-state index in [0.29, 0.717) is 4.47 Å². The lowest BCUT2D eigenvalue weighted by Crippen LogP contribution is -2.16. The molecule has 0 aliphatic carbocycles. The molecule has 0 spiro atoms. The number of rotatable bonds is 2. The monoisotopic (exact) mass is 334 g/mol. The number of halogens is 2. The first-order chi connectivity index (χ1) is 9.52. The Hall–Kier alpha value is -2.46. The van der Waals surface area contributed by atoms with Gasteiger partial charge in [-0.25, -0.2) is 9.37 Å². The van der Waals surface area contributed by atoms with Crippen LogP contribution in [0, 0.1) is 17.1 Å². The minimum Gasteiger partial charge on any atom is -0.383 e. The molecular weight excluding hydrogens is 327 g/mol. The summed E-state index contributed by atoms with van der Waals surface area (Å²) in [5.41, 5.74) is 5.59. The number of nitrogens with zero attached hydrogens (tertiary/aromatic N) is 2. The van der Waals surface area contributed by atoms with E-state index in [1.807, 2.05) is 0 Å². The number of nitrogen functional groups attached to an aromatic ring is 1. The fourth-order valence-electron chi connectivity index (χ4n) is 1.56. The first-order valence-electron chi connectivity index (χ1n) is 5.44. The number of pyridine rings is 1. The highest BCUT2D eigenvalue weighted by Crippen LogP contribution is 2.21. The molecule has 0 aliphatic heterocycles. The molecule has 0 saturated carbocycles. The van der Waals surface area contributed by atoms with Crippen LogP contribution in [0.15, 0.2) is 34.9 Å². The lowest BCUT2D eigenvalue weighted by Gasteiger charge is -2.09. The van der Waals surface area contributed by atoms with Gasteiger partial charge in [0.2, 0.25) is 0 Å². The highest BCUT2D eigenvalue weighted by Gasteiger charge is 2.15. The number of aromatic nitrogens is 1. The van der Waals surface area contributed by atoms with Crippen LogP contribution in [0.4, 0.5) is 15.9 Å². The van der Waals surface area contributed by atoms with E-state index >= 15 is 0 Å². The SMILES string of the molecule is N#Cc1c(F)cccc1NC(=O)c1cc(Br)cnc1N. The fourth-order valence-corrected chi connectivity index (χ4v) is 1.89. The van der Waals surface area contributed by atoms with Crippen molar-refractivity contribution in [1.29, 1.82) is 5.26 Å². The molecule has 3 N–H and O–H groups in total. The molecule has 0 atom stereocenters. The van der Waals surface area contributed by atoms with Gasteiger partial charge < -0.3 is 11.1 Å². The number of benzene rings is 1. The van der Waals surface area contributed by atoms with Crippen molar-refractivity contribution < 1.29 is 9.18 Å². The van der Waals surface area contributed by atoms with Crippen molar-refractivity contribution in [3.05, 3.63) is 51.9 Å². The number of hydrogen-bond donors (Lipinski definition) is 2. The third-order valence-corrected chi connectivity index (χ3v) is 2.94. The van der Waals surface area contributed by atoms with Crippen molar-refractivity contribution in [2.24, 2.45) is 0 Å². The molecule has 0 saturated heterocycles. The molecule has 0 aliphatic rings. The van der Waals surface area contributed by atoms with Crippen LogP contribution in [-0.4, -0.2) is 10.9 Å². The highest BCUT2D eigenvalue weighted by molar-refractivity contribution is 9.10. The standard InChI is InChI=1S/C13H8BrFN4O/c14-7-4-8(12(17)18-6-7)13(20)19-11-3-1-2-10(15)9(11)5-16/h1-4,6H,(H2,17,18)(H,19,20). The first-order valence-corrected chi connectivity index (χ1v) is 6.23. The van der Waals surface area contributed by atoms with Crippen molar-refractivity contribution in [2.45, 2.75) is 0 Å². The molecule has 1 aromatic carbocycles. The van der Waals surface area contributed by atoms with Gasteiger partial charge in [0, 0.05) is 10.7 Å². The summed E-state index contributed by atoms with van der Waals surface area (Å²) in [6.07, 6.45) is 1.45. The van der Waals surface area contributed by atoms with E-state index in [1.54, 1.807) is 6.07 Å². The molecule has 1 heterocycles. The van der Waals surface area contributed by atoms with Gasteiger partial charge in [0.05, 0.1) is 11.3 Å². The van der Waals surface area contributed by atoms with E-state index in [4.69, 9.17) is 11.0 Å². The number of carbonyl (C=O) groups excluding carboxylic acids is 1. The second-order valence-corrected chi connectivity index (χ2v) is 4.73.